The lowest BCUT2D eigenvalue weighted by Crippen LogP contribution is -2.31. The summed E-state index contributed by atoms with van der Waals surface area (Å²) in [5, 5.41) is 18.1. The average Bonchev–Trinajstić information content (AvgIpc) is 3.19. The molecule has 8 heteroatoms. The normalized spacial score (nSPS) is 15.4. The molecule has 1 aliphatic heterocycles. The third-order valence-electron chi connectivity index (χ3n) is 4.88. The second-order valence-corrected chi connectivity index (χ2v) is 7.26. The van der Waals surface area contributed by atoms with Gasteiger partial charge in [0.15, 0.2) is 0 Å². The smallest absolute Gasteiger partial charge is 0.255 e. The first-order valence-corrected chi connectivity index (χ1v) is 9.93. The van der Waals surface area contributed by atoms with Crippen LogP contribution in [0.2, 0.25) is 0 Å². The van der Waals surface area contributed by atoms with E-state index in [0.29, 0.717) is 23.8 Å². The molecular weight excluding hydrogens is 380 g/mol. The highest BCUT2D eigenvalue weighted by Gasteiger charge is 2.34. The van der Waals surface area contributed by atoms with Crippen LogP contribution in [0.3, 0.4) is 0 Å². The molecule has 154 valence electrons. The Balaban J connectivity index is 1.73. The predicted molar refractivity (Wildman–Crippen MR) is 114 cm³/mol. The first kappa shape index (κ1) is 19.6. The van der Waals surface area contributed by atoms with Crippen LogP contribution in [-0.2, 0) is 4.79 Å². The number of aryl methyl sites for hydroxylation is 1. The summed E-state index contributed by atoms with van der Waals surface area (Å²) in [7, 11) is 0. The van der Waals surface area contributed by atoms with Crippen molar-refractivity contribution in [1.29, 1.82) is 0 Å². The summed E-state index contributed by atoms with van der Waals surface area (Å²) in [4.78, 5) is 13.3. The summed E-state index contributed by atoms with van der Waals surface area (Å²) in [6.45, 7) is 6.53. The molecule has 0 radical (unpaired) electrons. The van der Waals surface area contributed by atoms with Crippen LogP contribution in [0.15, 0.2) is 59.8 Å². The Morgan fingerprint density at radius 3 is 2.83 bits per heavy atom. The molecule has 1 aromatic heterocycles. The van der Waals surface area contributed by atoms with Gasteiger partial charge in [0, 0.05) is 11.4 Å². The van der Waals surface area contributed by atoms with Crippen molar-refractivity contribution in [2.75, 3.05) is 17.2 Å². The molecule has 3 aromatic rings. The van der Waals surface area contributed by atoms with Crippen molar-refractivity contribution >= 4 is 17.5 Å². The minimum absolute atomic E-state index is 0.211. The minimum atomic E-state index is -0.480. The molecule has 0 bridgehead atoms. The van der Waals surface area contributed by atoms with Gasteiger partial charge in [-0.2, -0.15) is 4.68 Å². The Bertz CT molecular complexity index is 1100. The molecular formula is C22H24N6O2. The van der Waals surface area contributed by atoms with Crippen LogP contribution in [0, 0.1) is 6.92 Å². The number of carbonyl (C=O) groups is 1. The number of benzene rings is 2. The first-order valence-electron chi connectivity index (χ1n) is 9.93. The van der Waals surface area contributed by atoms with Crippen LogP contribution in [0.5, 0.6) is 5.75 Å². The lowest BCUT2D eigenvalue weighted by Gasteiger charge is -2.28. The van der Waals surface area contributed by atoms with E-state index in [4.69, 9.17) is 4.74 Å². The Morgan fingerprint density at radius 1 is 1.20 bits per heavy atom. The molecule has 2 heterocycles. The van der Waals surface area contributed by atoms with E-state index in [1.54, 1.807) is 4.68 Å². The van der Waals surface area contributed by atoms with Crippen LogP contribution in [-0.4, -0.2) is 32.7 Å². The molecule has 2 aromatic carbocycles. The Morgan fingerprint density at radius 2 is 2.03 bits per heavy atom. The standard InChI is InChI=1S/C22H24N6O2/c1-4-11-30-18-10-6-8-16(13-18)20-19(15(3)23-22-25-26-27-28(20)22)21(29)24-17-9-5-7-14(2)12-17/h5-10,12-13,20H,4,11H2,1-3H3,(H,24,29)(H,23,25,27). The van der Waals surface area contributed by atoms with E-state index in [9.17, 15) is 4.79 Å². The highest BCUT2D eigenvalue weighted by molar-refractivity contribution is 6.06. The summed E-state index contributed by atoms with van der Waals surface area (Å²) < 4.78 is 7.42. The van der Waals surface area contributed by atoms with Crippen LogP contribution in [0.4, 0.5) is 11.6 Å². The Hall–Kier alpha value is -3.68. The molecule has 30 heavy (non-hydrogen) atoms. The SMILES string of the molecule is CCCOc1cccc(C2C(C(=O)Nc3cccc(C)c3)=C(C)Nc3nnnn32)c1. The number of hydrogen-bond donors (Lipinski definition) is 2. The van der Waals surface area contributed by atoms with Gasteiger partial charge in [0.05, 0.1) is 12.2 Å². The second-order valence-electron chi connectivity index (χ2n) is 7.26. The van der Waals surface area contributed by atoms with Gasteiger partial charge >= 0.3 is 0 Å². The minimum Gasteiger partial charge on any atom is -0.494 e. The number of rotatable bonds is 6. The Kier molecular flexibility index (Phi) is 5.47. The quantitative estimate of drug-likeness (QED) is 0.651. The van der Waals surface area contributed by atoms with Gasteiger partial charge in [0.25, 0.3) is 5.91 Å². The molecule has 0 spiro atoms. The van der Waals surface area contributed by atoms with Gasteiger partial charge in [0.2, 0.25) is 5.95 Å². The molecule has 1 atom stereocenters. The molecule has 1 aliphatic rings. The third kappa shape index (κ3) is 3.89. The number of carbonyl (C=O) groups excluding carboxylic acids is 1. The first-order chi connectivity index (χ1) is 14.6. The largest absolute Gasteiger partial charge is 0.494 e. The van der Waals surface area contributed by atoms with Crippen LogP contribution >= 0.6 is 0 Å². The molecule has 1 unspecified atom stereocenters. The fourth-order valence-electron chi connectivity index (χ4n) is 3.53. The van der Waals surface area contributed by atoms with Crippen molar-refractivity contribution in [3.63, 3.8) is 0 Å². The summed E-state index contributed by atoms with van der Waals surface area (Å²) >= 11 is 0. The zero-order valence-electron chi connectivity index (χ0n) is 17.2. The van der Waals surface area contributed by atoms with E-state index >= 15 is 0 Å². The van der Waals surface area contributed by atoms with E-state index in [2.05, 4.69) is 33.1 Å². The Labute approximate surface area is 174 Å². The fraction of sp³-hybridized carbons (Fsp3) is 0.273. The number of amides is 1. The molecule has 0 saturated heterocycles. The van der Waals surface area contributed by atoms with E-state index in [1.165, 1.54) is 0 Å². The summed E-state index contributed by atoms with van der Waals surface area (Å²) in [6.07, 6.45) is 0.915. The molecule has 0 saturated carbocycles. The second kappa shape index (κ2) is 8.36. The van der Waals surface area contributed by atoms with Gasteiger partial charge in [-0.1, -0.05) is 36.3 Å². The van der Waals surface area contributed by atoms with Crippen molar-refractivity contribution in [1.82, 2.24) is 20.2 Å². The zero-order chi connectivity index (χ0) is 21.1. The summed E-state index contributed by atoms with van der Waals surface area (Å²) in [5.41, 5.74) is 3.92. The lowest BCUT2D eigenvalue weighted by molar-refractivity contribution is -0.113. The summed E-state index contributed by atoms with van der Waals surface area (Å²) in [6, 6.07) is 14.9. The van der Waals surface area contributed by atoms with E-state index in [-0.39, 0.29) is 5.91 Å². The van der Waals surface area contributed by atoms with E-state index < -0.39 is 6.04 Å². The number of allylic oxidation sites excluding steroid dienone is 1. The predicted octanol–water partition coefficient (Wildman–Crippen LogP) is 3.70. The van der Waals surface area contributed by atoms with Crippen molar-refractivity contribution in [3.8, 4) is 5.75 Å². The van der Waals surface area contributed by atoms with Crippen molar-refractivity contribution in [2.24, 2.45) is 0 Å². The number of tetrazole rings is 1. The van der Waals surface area contributed by atoms with Gasteiger partial charge < -0.3 is 15.4 Å². The number of fused-ring (bicyclic) bond motifs is 1. The highest BCUT2D eigenvalue weighted by atomic mass is 16.5. The van der Waals surface area contributed by atoms with Gasteiger partial charge in [-0.15, -0.1) is 0 Å². The number of nitrogens with zero attached hydrogens (tertiary/aromatic N) is 4. The number of nitrogens with one attached hydrogen (secondary N) is 2. The number of anilines is 2. The van der Waals surface area contributed by atoms with E-state index in [0.717, 1.165) is 29.0 Å². The molecule has 4 rings (SSSR count). The fourth-order valence-corrected chi connectivity index (χ4v) is 3.53. The van der Waals surface area contributed by atoms with Gasteiger partial charge in [-0.05, 0) is 66.1 Å². The van der Waals surface area contributed by atoms with Crippen LogP contribution < -0.4 is 15.4 Å². The lowest BCUT2D eigenvalue weighted by atomic mass is 9.94. The van der Waals surface area contributed by atoms with Gasteiger partial charge in [0.1, 0.15) is 11.8 Å². The number of ether oxygens (including phenoxy) is 1. The topological polar surface area (TPSA) is 94.0 Å². The zero-order valence-corrected chi connectivity index (χ0v) is 17.2. The van der Waals surface area contributed by atoms with E-state index in [1.807, 2.05) is 62.4 Å². The maximum atomic E-state index is 13.3. The maximum absolute atomic E-state index is 13.3. The number of hydrogen-bond acceptors (Lipinski definition) is 6. The maximum Gasteiger partial charge on any atom is 0.255 e. The molecule has 2 N–H and O–H groups in total. The van der Waals surface area contributed by atoms with Gasteiger partial charge in [-0.3, -0.25) is 4.79 Å². The number of aromatic nitrogens is 4. The van der Waals surface area contributed by atoms with Gasteiger partial charge in [-0.25, -0.2) is 0 Å². The third-order valence-corrected chi connectivity index (χ3v) is 4.88. The molecule has 0 aliphatic carbocycles. The van der Waals surface area contributed by atoms with Crippen molar-refractivity contribution in [2.45, 2.75) is 33.2 Å². The molecule has 1 amide bonds. The van der Waals surface area contributed by atoms with Crippen LogP contribution in [0.1, 0.15) is 37.4 Å². The average molecular weight is 404 g/mol. The van der Waals surface area contributed by atoms with Crippen molar-refractivity contribution in [3.05, 3.63) is 70.9 Å². The van der Waals surface area contributed by atoms with Crippen LogP contribution in [0.25, 0.3) is 0 Å². The summed E-state index contributed by atoms with van der Waals surface area (Å²) in [5.74, 6) is 1.03. The monoisotopic (exact) mass is 404 g/mol. The highest BCUT2D eigenvalue weighted by Crippen LogP contribution is 2.36. The molecule has 0 fully saturated rings. The van der Waals surface area contributed by atoms with Crippen molar-refractivity contribution < 1.29 is 9.53 Å². The molecule has 8 nitrogen and oxygen atoms in total.